The highest BCUT2D eigenvalue weighted by molar-refractivity contribution is 7.16. The molecule has 0 amide bonds. The summed E-state index contributed by atoms with van der Waals surface area (Å²) in [4.78, 5) is 1.24. The number of nitrogens with two attached hydrogens (primary N) is 1. The van der Waals surface area contributed by atoms with Gasteiger partial charge in [-0.3, -0.25) is 0 Å². The van der Waals surface area contributed by atoms with Crippen LogP contribution in [0.15, 0.2) is 30.3 Å². The van der Waals surface area contributed by atoms with E-state index in [0.29, 0.717) is 0 Å². The number of aryl methyl sites for hydroxylation is 1. The van der Waals surface area contributed by atoms with Gasteiger partial charge in [0, 0.05) is 9.90 Å². The zero-order chi connectivity index (χ0) is 10.8. The van der Waals surface area contributed by atoms with Gasteiger partial charge < -0.3 is 5.43 Å². The van der Waals surface area contributed by atoms with Gasteiger partial charge in [0.25, 0.3) is 0 Å². The fourth-order valence-corrected chi connectivity index (χ4v) is 2.45. The Labute approximate surface area is 97.7 Å². The normalized spacial score (nSPS) is 10.3. The minimum Gasteiger partial charge on any atom is -0.315 e. The maximum absolute atomic E-state index is 5.84. The van der Waals surface area contributed by atoms with Gasteiger partial charge in [-0.1, -0.05) is 23.7 Å². The molecule has 2 rings (SSSR count). The average molecular weight is 239 g/mol. The summed E-state index contributed by atoms with van der Waals surface area (Å²) in [7, 11) is 0. The monoisotopic (exact) mass is 238 g/mol. The molecule has 1 aromatic heterocycles. The summed E-state index contributed by atoms with van der Waals surface area (Å²) in [6, 6.07) is 9.85. The van der Waals surface area contributed by atoms with E-state index in [2.05, 4.69) is 12.3 Å². The van der Waals surface area contributed by atoms with Crippen LogP contribution >= 0.6 is 22.9 Å². The van der Waals surface area contributed by atoms with E-state index in [-0.39, 0.29) is 0 Å². The highest BCUT2D eigenvalue weighted by atomic mass is 35.5. The van der Waals surface area contributed by atoms with Crippen molar-refractivity contribution < 1.29 is 0 Å². The van der Waals surface area contributed by atoms with Crippen LogP contribution < -0.4 is 11.3 Å². The largest absolute Gasteiger partial charge is 0.315 e. The van der Waals surface area contributed by atoms with Gasteiger partial charge >= 0.3 is 0 Å². The molecule has 0 radical (unpaired) electrons. The Balaban J connectivity index is 2.44. The van der Waals surface area contributed by atoms with Crippen molar-refractivity contribution in [3.63, 3.8) is 0 Å². The van der Waals surface area contributed by atoms with Gasteiger partial charge in [0.15, 0.2) is 0 Å². The lowest BCUT2D eigenvalue weighted by Crippen LogP contribution is -2.04. The van der Waals surface area contributed by atoms with Crippen molar-refractivity contribution in [1.82, 2.24) is 0 Å². The van der Waals surface area contributed by atoms with Gasteiger partial charge in [0.1, 0.15) is 5.00 Å². The Kier molecular flexibility index (Phi) is 2.95. The molecule has 15 heavy (non-hydrogen) atoms. The molecule has 0 bridgehead atoms. The van der Waals surface area contributed by atoms with E-state index in [0.717, 1.165) is 15.6 Å². The molecule has 0 saturated carbocycles. The van der Waals surface area contributed by atoms with Crippen molar-refractivity contribution in [1.29, 1.82) is 0 Å². The molecule has 2 nitrogen and oxygen atoms in total. The van der Waals surface area contributed by atoms with E-state index >= 15 is 0 Å². The molecular weight excluding hydrogens is 228 g/mol. The molecule has 2 aromatic rings. The molecule has 0 aliphatic carbocycles. The molecule has 78 valence electrons. The van der Waals surface area contributed by atoms with Gasteiger partial charge in [-0.05, 0) is 36.2 Å². The Bertz CT molecular complexity index is 462. The first-order valence-corrected chi connectivity index (χ1v) is 5.73. The topological polar surface area (TPSA) is 38.0 Å². The van der Waals surface area contributed by atoms with Crippen LogP contribution in [0.3, 0.4) is 0 Å². The van der Waals surface area contributed by atoms with E-state index in [1.807, 2.05) is 30.3 Å². The SMILES string of the molecule is Cc1sc(NN)cc1-c1ccc(Cl)cc1. The van der Waals surface area contributed by atoms with Crippen LogP contribution in [0.1, 0.15) is 4.88 Å². The number of rotatable bonds is 2. The number of hydrazine groups is 1. The molecule has 0 spiro atoms. The minimum absolute atomic E-state index is 0.754. The Hall–Kier alpha value is -1.03. The van der Waals surface area contributed by atoms with Crippen LogP contribution in [0.25, 0.3) is 11.1 Å². The zero-order valence-corrected chi connectivity index (χ0v) is 9.82. The van der Waals surface area contributed by atoms with Gasteiger partial charge in [0.05, 0.1) is 0 Å². The van der Waals surface area contributed by atoms with Crippen molar-refractivity contribution >= 4 is 27.9 Å². The molecule has 0 aliphatic heterocycles. The summed E-state index contributed by atoms with van der Waals surface area (Å²) in [6.07, 6.45) is 0. The van der Waals surface area contributed by atoms with Gasteiger partial charge in [0.2, 0.25) is 0 Å². The number of anilines is 1. The molecular formula is C11H11ClN2S. The summed E-state index contributed by atoms with van der Waals surface area (Å²) in [5, 5.41) is 1.72. The average Bonchev–Trinajstić information content (AvgIpc) is 2.61. The van der Waals surface area contributed by atoms with Crippen molar-refractivity contribution in [2.75, 3.05) is 5.43 Å². The molecule has 4 heteroatoms. The smallest absolute Gasteiger partial charge is 0.103 e. The van der Waals surface area contributed by atoms with Crippen molar-refractivity contribution in [3.8, 4) is 11.1 Å². The lowest BCUT2D eigenvalue weighted by molar-refractivity contribution is 1.39. The Morgan fingerprint density at radius 3 is 2.47 bits per heavy atom. The van der Waals surface area contributed by atoms with Gasteiger partial charge in [-0.15, -0.1) is 11.3 Å². The van der Waals surface area contributed by atoms with E-state index in [1.54, 1.807) is 11.3 Å². The number of benzene rings is 1. The van der Waals surface area contributed by atoms with E-state index in [1.165, 1.54) is 10.4 Å². The molecule has 0 fully saturated rings. The highest BCUT2D eigenvalue weighted by Crippen LogP contribution is 2.33. The first-order chi connectivity index (χ1) is 7.20. The summed E-state index contributed by atoms with van der Waals surface area (Å²) < 4.78 is 0. The quantitative estimate of drug-likeness (QED) is 0.619. The third-order valence-corrected chi connectivity index (χ3v) is 3.45. The zero-order valence-electron chi connectivity index (χ0n) is 8.25. The number of nitrogens with one attached hydrogen (secondary N) is 1. The van der Waals surface area contributed by atoms with E-state index < -0.39 is 0 Å². The fraction of sp³-hybridized carbons (Fsp3) is 0.0909. The first-order valence-electron chi connectivity index (χ1n) is 4.53. The molecule has 1 heterocycles. The number of hydrogen-bond donors (Lipinski definition) is 2. The molecule has 0 unspecified atom stereocenters. The third-order valence-electron chi connectivity index (χ3n) is 2.22. The van der Waals surface area contributed by atoms with E-state index in [4.69, 9.17) is 17.4 Å². The minimum atomic E-state index is 0.754. The first kappa shape index (κ1) is 10.5. The molecule has 0 saturated heterocycles. The molecule has 1 aromatic carbocycles. The number of hydrogen-bond acceptors (Lipinski definition) is 3. The number of nitrogen functional groups attached to an aromatic ring is 1. The number of thiophene rings is 1. The Morgan fingerprint density at radius 2 is 1.93 bits per heavy atom. The lowest BCUT2D eigenvalue weighted by Gasteiger charge is -1.99. The standard InChI is InChI=1S/C11H11ClN2S/c1-7-10(6-11(14-13)15-7)8-2-4-9(12)5-3-8/h2-6,14H,13H2,1H3. The second-order valence-corrected chi connectivity index (χ2v) is 4.92. The van der Waals surface area contributed by atoms with Gasteiger partial charge in [-0.25, -0.2) is 5.84 Å². The summed E-state index contributed by atoms with van der Waals surface area (Å²) in [6.45, 7) is 2.08. The van der Waals surface area contributed by atoms with E-state index in [9.17, 15) is 0 Å². The fourth-order valence-electron chi connectivity index (χ4n) is 1.47. The third kappa shape index (κ3) is 2.15. The van der Waals surface area contributed by atoms with Gasteiger partial charge in [-0.2, -0.15) is 0 Å². The summed E-state index contributed by atoms with van der Waals surface area (Å²) >= 11 is 7.49. The molecule has 0 atom stereocenters. The molecule has 0 aliphatic rings. The van der Waals surface area contributed by atoms with Crippen LogP contribution in [0, 0.1) is 6.92 Å². The highest BCUT2D eigenvalue weighted by Gasteiger charge is 2.06. The van der Waals surface area contributed by atoms with Crippen LogP contribution in [-0.2, 0) is 0 Å². The number of halogens is 1. The van der Waals surface area contributed by atoms with Crippen LogP contribution in [0.5, 0.6) is 0 Å². The predicted molar refractivity (Wildman–Crippen MR) is 67.3 cm³/mol. The van der Waals surface area contributed by atoms with Crippen molar-refractivity contribution in [2.45, 2.75) is 6.92 Å². The molecule has 3 N–H and O–H groups in total. The predicted octanol–water partition coefficient (Wildman–Crippen LogP) is 3.66. The Morgan fingerprint density at radius 1 is 1.27 bits per heavy atom. The van der Waals surface area contributed by atoms with Crippen LogP contribution in [0.2, 0.25) is 5.02 Å². The second kappa shape index (κ2) is 4.23. The maximum Gasteiger partial charge on any atom is 0.103 e. The van der Waals surface area contributed by atoms with Crippen LogP contribution in [-0.4, -0.2) is 0 Å². The second-order valence-electron chi connectivity index (χ2n) is 3.23. The van der Waals surface area contributed by atoms with Crippen molar-refractivity contribution in [2.24, 2.45) is 5.84 Å². The summed E-state index contributed by atoms with van der Waals surface area (Å²) in [5.41, 5.74) is 5.02. The lowest BCUT2D eigenvalue weighted by atomic mass is 10.1. The van der Waals surface area contributed by atoms with Crippen LogP contribution in [0.4, 0.5) is 5.00 Å². The maximum atomic E-state index is 5.84. The van der Waals surface area contributed by atoms with Crippen molar-refractivity contribution in [3.05, 3.63) is 40.2 Å². The summed E-state index contributed by atoms with van der Waals surface area (Å²) in [5.74, 6) is 5.37.